The minimum atomic E-state index is 0.168. The maximum atomic E-state index is 10.8. The highest BCUT2D eigenvalue weighted by atomic mass is 32.2. The monoisotopic (exact) mass is 234 g/mol. The quantitative estimate of drug-likeness (QED) is 0.818. The van der Waals surface area contributed by atoms with Gasteiger partial charge in [0.1, 0.15) is 5.65 Å². The first kappa shape index (κ1) is 11.2. The second-order valence-corrected chi connectivity index (χ2v) is 4.93. The normalized spacial score (nSPS) is 10.9. The summed E-state index contributed by atoms with van der Waals surface area (Å²) in [5, 5.41) is 0.168. The Morgan fingerprint density at radius 1 is 1.50 bits per heavy atom. The number of thioether (sulfide) groups is 1. The van der Waals surface area contributed by atoms with Crippen LogP contribution in [0.15, 0.2) is 24.4 Å². The van der Waals surface area contributed by atoms with Crippen LogP contribution < -0.4 is 0 Å². The van der Waals surface area contributed by atoms with E-state index in [1.54, 1.807) is 6.92 Å². The van der Waals surface area contributed by atoms with Crippen molar-refractivity contribution in [3.8, 4) is 0 Å². The Hall–Kier alpha value is -1.29. The first-order valence-corrected chi connectivity index (χ1v) is 6.23. The third-order valence-electron chi connectivity index (χ3n) is 2.51. The fourth-order valence-electron chi connectivity index (χ4n) is 1.70. The lowest BCUT2D eigenvalue weighted by Gasteiger charge is -1.97. The molecule has 2 rings (SSSR count). The van der Waals surface area contributed by atoms with Crippen LogP contribution in [0.2, 0.25) is 0 Å². The van der Waals surface area contributed by atoms with Gasteiger partial charge in [-0.2, -0.15) is 0 Å². The molecule has 2 aromatic heterocycles. The molecule has 0 saturated heterocycles. The van der Waals surface area contributed by atoms with Crippen LogP contribution in [0.3, 0.4) is 0 Å². The molecule has 0 aliphatic rings. The number of pyridine rings is 1. The van der Waals surface area contributed by atoms with Gasteiger partial charge in [-0.1, -0.05) is 17.8 Å². The Labute approximate surface area is 98.9 Å². The van der Waals surface area contributed by atoms with Crippen molar-refractivity contribution >= 4 is 22.5 Å². The molecule has 0 aromatic carbocycles. The van der Waals surface area contributed by atoms with Gasteiger partial charge in [0.15, 0.2) is 5.12 Å². The number of carbonyl (C=O) groups is 1. The third-order valence-corrected chi connectivity index (χ3v) is 3.33. The van der Waals surface area contributed by atoms with E-state index in [-0.39, 0.29) is 5.12 Å². The first-order chi connectivity index (χ1) is 7.68. The van der Waals surface area contributed by atoms with Gasteiger partial charge < -0.3 is 4.40 Å². The van der Waals surface area contributed by atoms with E-state index in [1.807, 2.05) is 24.4 Å². The Balaban J connectivity index is 2.18. The average molecular weight is 234 g/mol. The van der Waals surface area contributed by atoms with Gasteiger partial charge in [0, 0.05) is 31.0 Å². The van der Waals surface area contributed by atoms with Crippen LogP contribution in [0.4, 0.5) is 0 Å². The summed E-state index contributed by atoms with van der Waals surface area (Å²) >= 11 is 1.36. The molecule has 0 aliphatic heterocycles. The lowest BCUT2D eigenvalue weighted by molar-refractivity contribution is -0.109. The van der Waals surface area contributed by atoms with E-state index in [1.165, 1.54) is 17.5 Å². The number of nitrogens with zero attached hydrogens (tertiary/aromatic N) is 2. The molecule has 0 spiro atoms. The van der Waals surface area contributed by atoms with Crippen molar-refractivity contribution in [2.24, 2.45) is 0 Å². The molecule has 84 valence electrons. The van der Waals surface area contributed by atoms with Gasteiger partial charge in [-0.25, -0.2) is 4.98 Å². The highest BCUT2D eigenvalue weighted by molar-refractivity contribution is 8.13. The fourth-order valence-corrected chi connectivity index (χ4v) is 2.28. The standard InChI is InChI=1S/C12H14N2OS/c1-9-11(6-8-16-10(2)15)13-12-5-3-4-7-14(9)12/h3-5,7H,6,8H2,1-2H3. The number of hydrogen-bond acceptors (Lipinski definition) is 3. The average Bonchev–Trinajstić information content (AvgIpc) is 2.56. The van der Waals surface area contributed by atoms with Crippen LogP contribution in [0, 0.1) is 6.92 Å². The Morgan fingerprint density at radius 3 is 3.00 bits per heavy atom. The smallest absolute Gasteiger partial charge is 0.185 e. The van der Waals surface area contributed by atoms with Crippen molar-refractivity contribution in [1.82, 2.24) is 9.38 Å². The molecule has 0 radical (unpaired) electrons. The summed E-state index contributed by atoms with van der Waals surface area (Å²) in [5.74, 6) is 0.806. The number of imidazole rings is 1. The number of aromatic nitrogens is 2. The van der Waals surface area contributed by atoms with Crippen molar-refractivity contribution in [1.29, 1.82) is 0 Å². The van der Waals surface area contributed by atoms with Crippen molar-refractivity contribution in [2.75, 3.05) is 5.75 Å². The van der Waals surface area contributed by atoms with Crippen LogP contribution in [0.1, 0.15) is 18.3 Å². The molecule has 0 amide bonds. The van der Waals surface area contributed by atoms with E-state index in [2.05, 4.69) is 16.3 Å². The highest BCUT2D eigenvalue weighted by Crippen LogP contribution is 2.14. The van der Waals surface area contributed by atoms with Crippen molar-refractivity contribution in [3.63, 3.8) is 0 Å². The largest absolute Gasteiger partial charge is 0.304 e. The van der Waals surface area contributed by atoms with Gasteiger partial charge in [0.2, 0.25) is 0 Å². The Kier molecular flexibility index (Phi) is 3.29. The minimum Gasteiger partial charge on any atom is -0.304 e. The van der Waals surface area contributed by atoms with E-state index in [4.69, 9.17) is 0 Å². The number of hydrogen-bond donors (Lipinski definition) is 0. The van der Waals surface area contributed by atoms with Gasteiger partial charge in [0.05, 0.1) is 5.69 Å². The maximum absolute atomic E-state index is 10.8. The van der Waals surface area contributed by atoms with Crippen LogP contribution in [0.5, 0.6) is 0 Å². The SMILES string of the molecule is CC(=O)SCCc1nc2ccccn2c1C. The van der Waals surface area contributed by atoms with Crippen LogP contribution in [-0.4, -0.2) is 20.3 Å². The number of fused-ring (bicyclic) bond motifs is 1. The van der Waals surface area contributed by atoms with Gasteiger partial charge in [-0.05, 0) is 19.1 Å². The molecule has 0 unspecified atom stereocenters. The maximum Gasteiger partial charge on any atom is 0.185 e. The summed E-state index contributed by atoms with van der Waals surface area (Å²) in [6.07, 6.45) is 2.86. The first-order valence-electron chi connectivity index (χ1n) is 5.24. The molecule has 16 heavy (non-hydrogen) atoms. The van der Waals surface area contributed by atoms with E-state index in [0.29, 0.717) is 0 Å². The molecule has 2 heterocycles. The number of rotatable bonds is 3. The topological polar surface area (TPSA) is 34.4 Å². The molecular weight excluding hydrogens is 220 g/mol. The second kappa shape index (κ2) is 4.70. The number of carbonyl (C=O) groups excluding carboxylic acids is 1. The van der Waals surface area contributed by atoms with Crippen LogP contribution in [-0.2, 0) is 11.2 Å². The zero-order valence-corrected chi connectivity index (χ0v) is 10.3. The van der Waals surface area contributed by atoms with Crippen LogP contribution >= 0.6 is 11.8 Å². The minimum absolute atomic E-state index is 0.168. The van der Waals surface area contributed by atoms with E-state index >= 15 is 0 Å². The molecule has 0 fully saturated rings. The molecule has 4 heteroatoms. The lowest BCUT2D eigenvalue weighted by Crippen LogP contribution is -1.95. The van der Waals surface area contributed by atoms with Crippen molar-refractivity contribution < 1.29 is 4.79 Å². The molecule has 0 saturated carbocycles. The summed E-state index contributed by atoms with van der Waals surface area (Å²) in [7, 11) is 0. The number of aryl methyl sites for hydroxylation is 2. The summed E-state index contributed by atoms with van der Waals surface area (Å²) in [6.45, 7) is 3.66. The molecule has 0 bridgehead atoms. The molecule has 0 N–H and O–H groups in total. The van der Waals surface area contributed by atoms with Gasteiger partial charge >= 0.3 is 0 Å². The Morgan fingerprint density at radius 2 is 2.31 bits per heavy atom. The summed E-state index contributed by atoms with van der Waals surface area (Å²) in [6, 6.07) is 5.97. The summed E-state index contributed by atoms with van der Waals surface area (Å²) < 4.78 is 2.08. The fraction of sp³-hybridized carbons (Fsp3) is 0.333. The molecule has 0 atom stereocenters. The van der Waals surface area contributed by atoms with E-state index < -0.39 is 0 Å². The second-order valence-electron chi connectivity index (χ2n) is 3.66. The predicted octanol–water partition coefficient (Wildman–Crippen LogP) is 2.46. The molecule has 2 aromatic rings. The van der Waals surface area contributed by atoms with E-state index in [0.717, 1.165) is 23.5 Å². The summed E-state index contributed by atoms with van der Waals surface area (Å²) in [5.41, 5.74) is 3.22. The van der Waals surface area contributed by atoms with Gasteiger partial charge in [-0.15, -0.1) is 0 Å². The highest BCUT2D eigenvalue weighted by Gasteiger charge is 2.07. The predicted molar refractivity (Wildman–Crippen MR) is 66.8 cm³/mol. The van der Waals surface area contributed by atoms with Crippen molar-refractivity contribution in [2.45, 2.75) is 20.3 Å². The zero-order chi connectivity index (χ0) is 11.5. The molecule has 0 aliphatic carbocycles. The third kappa shape index (κ3) is 2.27. The van der Waals surface area contributed by atoms with E-state index in [9.17, 15) is 4.79 Å². The Bertz CT molecular complexity index is 519. The van der Waals surface area contributed by atoms with Gasteiger partial charge in [-0.3, -0.25) is 4.79 Å². The summed E-state index contributed by atoms with van der Waals surface area (Å²) in [4.78, 5) is 15.4. The zero-order valence-electron chi connectivity index (χ0n) is 9.43. The van der Waals surface area contributed by atoms with Crippen molar-refractivity contribution in [3.05, 3.63) is 35.8 Å². The molecular formula is C12H14N2OS. The lowest BCUT2D eigenvalue weighted by atomic mass is 10.3. The van der Waals surface area contributed by atoms with Gasteiger partial charge in [0.25, 0.3) is 0 Å². The molecule has 3 nitrogen and oxygen atoms in total. The van der Waals surface area contributed by atoms with Crippen LogP contribution in [0.25, 0.3) is 5.65 Å².